The van der Waals surface area contributed by atoms with Crippen molar-refractivity contribution in [2.75, 3.05) is 19.8 Å². The number of hydrogen-bond donors (Lipinski definition) is 1. The van der Waals surface area contributed by atoms with Crippen molar-refractivity contribution in [2.45, 2.75) is 25.8 Å². The molecule has 1 amide bonds. The van der Waals surface area contributed by atoms with Crippen LogP contribution in [-0.2, 0) is 16.0 Å². The predicted molar refractivity (Wildman–Crippen MR) is 83.3 cm³/mol. The van der Waals surface area contributed by atoms with Gasteiger partial charge >= 0.3 is 0 Å². The molecule has 0 spiro atoms. The van der Waals surface area contributed by atoms with Crippen molar-refractivity contribution in [1.29, 1.82) is 0 Å². The molecule has 0 saturated carbocycles. The number of ether oxygens (including phenoxy) is 1. The third-order valence-corrected chi connectivity index (χ3v) is 4.22. The topological polar surface area (TPSA) is 58.2 Å². The summed E-state index contributed by atoms with van der Waals surface area (Å²) in [6.45, 7) is 3.47. The Morgan fingerprint density at radius 2 is 2.30 bits per heavy atom. The van der Waals surface area contributed by atoms with Crippen LogP contribution >= 0.6 is 0 Å². The van der Waals surface area contributed by atoms with E-state index in [9.17, 15) is 9.18 Å². The zero-order valence-corrected chi connectivity index (χ0v) is 13.1. The molecule has 6 heteroatoms. The van der Waals surface area contributed by atoms with Gasteiger partial charge in [-0.3, -0.25) is 9.89 Å². The first-order valence-electron chi connectivity index (χ1n) is 7.77. The molecule has 2 heterocycles. The number of aryl methyl sites for hydroxylation is 2. The third kappa shape index (κ3) is 3.42. The number of carbonyl (C=O) groups is 1. The molecule has 0 aliphatic carbocycles. The van der Waals surface area contributed by atoms with Gasteiger partial charge < -0.3 is 9.64 Å². The van der Waals surface area contributed by atoms with Gasteiger partial charge in [0.25, 0.3) is 0 Å². The van der Waals surface area contributed by atoms with E-state index >= 15 is 0 Å². The minimum atomic E-state index is -0.261. The van der Waals surface area contributed by atoms with Gasteiger partial charge in [0.2, 0.25) is 5.91 Å². The number of amides is 1. The Balaban J connectivity index is 1.69. The number of aromatic nitrogens is 2. The summed E-state index contributed by atoms with van der Waals surface area (Å²) in [5.74, 6) is -0.251. The number of benzene rings is 1. The Labute approximate surface area is 134 Å². The first-order chi connectivity index (χ1) is 11.2. The van der Waals surface area contributed by atoms with Gasteiger partial charge in [-0.1, -0.05) is 18.2 Å². The maximum Gasteiger partial charge on any atom is 0.223 e. The fraction of sp³-hybridized carbons (Fsp3) is 0.412. The molecule has 1 N–H and O–H groups in total. The minimum absolute atomic E-state index is 0.00977. The average molecular weight is 317 g/mol. The number of carbonyl (C=O) groups excluding carboxylic acids is 1. The van der Waals surface area contributed by atoms with Crippen LogP contribution in [0.4, 0.5) is 4.39 Å². The molecule has 3 rings (SSSR count). The molecule has 0 radical (unpaired) electrons. The van der Waals surface area contributed by atoms with E-state index in [1.54, 1.807) is 24.4 Å². The Kier molecular flexibility index (Phi) is 4.71. The van der Waals surface area contributed by atoms with E-state index in [-0.39, 0.29) is 24.2 Å². The Bertz CT molecular complexity index is 686. The van der Waals surface area contributed by atoms with Gasteiger partial charge in [-0.25, -0.2) is 4.39 Å². The van der Waals surface area contributed by atoms with Crippen molar-refractivity contribution in [2.24, 2.45) is 0 Å². The van der Waals surface area contributed by atoms with Crippen LogP contribution in [0.2, 0.25) is 0 Å². The second kappa shape index (κ2) is 6.91. The molecule has 2 aromatic rings. The van der Waals surface area contributed by atoms with Crippen LogP contribution in [0.3, 0.4) is 0 Å². The number of morpholine rings is 1. The van der Waals surface area contributed by atoms with Crippen molar-refractivity contribution in [3.8, 4) is 0 Å². The van der Waals surface area contributed by atoms with Gasteiger partial charge in [0.05, 0.1) is 31.1 Å². The van der Waals surface area contributed by atoms with E-state index in [0.717, 1.165) is 11.3 Å². The number of rotatable bonds is 4. The van der Waals surface area contributed by atoms with Crippen LogP contribution in [0.25, 0.3) is 0 Å². The molecule has 0 bridgehead atoms. The number of nitrogens with one attached hydrogen (secondary N) is 1. The van der Waals surface area contributed by atoms with Gasteiger partial charge in [0.15, 0.2) is 0 Å². The second-order valence-corrected chi connectivity index (χ2v) is 5.74. The Morgan fingerprint density at radius 1 is 1.48 bits per heavy atom. The van der Waals surface area contributed by atoms with E-state index in [4.69, 9.17) is 4.74 Å². The van der Waals surface area contributed by atoms with Gasteiger partial charge in [-0.15, -0.1) is 0 Å². The summed E-state index contributed by atoms with van der Waals surface area (Å²) in [5, 5.41) is 6.99. The van der Waals surface area contributed by atoms with Crippen molar-refractivity contribution in [1.82, 2.24) is 15.1 Å². The molecule has 1 saturated heterocycles. The summed E-state index contributed by atoms with van der Waals surface area (Å²) in [6, 6.07) is 6.43. The largest absolute Gasteiger partial charge is 0.377 e. The third-order valence-electron chi connectivity index (χ3n) is 4.22. The van der Waals surface area contributed by atoms with Crippen LogP contribution < -0.4 is 0 Å². The molecule has 0 unspecified atom stereocenters. The van der Waals surface area contributed by atoms with E-state index in [0.29, 0.717) is 31.7 Å². The number of nitrogens with zero attached hydrogens (tertiary/aromatic N) is 2. The average Bonchev–Trinajstić information content (AvgIpc) is 3.00. The lowest BCUT2D eigenvalue weighted by molar-refractivity contribution is -0.140. The highest BCUT2D eigenvalue weighted by Gasteiger charge is 2.30. The molecular weight excluding hydrogens is 297 g/mol. The number of aromatic amines is 1. The number of hydrogen-bond acceptors (Lipinski definition) is 3. The van der Waals surface area contributed by atoms with Crippen molar-refractivity contribution in [3.63, 3.8) is 0 Å². The number of H-pyrrole nitrogens is 1. The molecule has 1 aliphatic rings. The van der Waals surface area contributed by atoms with Crippen molar-refractivity contribution < 1.29 is 13.9 Å². The SMILES string of the molecule is Cc1cn[nH]c1[C@H]1COCCN1C(=O)CCc1ccccc1F. The fourth-order valence-electron chi connectivity index (χ4n) is 2.92. The molecule has 1 aliphatic heterocycles. The summed E-state index contributed by atoms with van der Waals surface area (Å²) in [6.07, 6.45) is 2.42. The lowest BCUT2D eigenvalue weighted by atomic mass is 10.1. The zero-order chi connectivity index (χ0) is 16.2. The van der Waals surface area contributed by atoms with Gasteiger partial charge in [0.1, 0.15) is 5.82 Å². The minimum Gasteiger partial charge on any atom is -0.377 e. The highest BCUT2D eigenvalue weighted by atomic mass is 19.1. The summed E-state index contributed by atoms with van der Waals surface area (Å²) in [7, 11) is 0. The summed E-state index contributed by atoms with van der Waals surface area (Å²) in [4.78, 5) is 14.4. The predicted octanol–water partition coefficient (Wildman–Crippen LogP) is 2.39. The maximum atomic E-state index is 13.7. The lowest BCUT2D eigenvalue weighted by Crippen LogP contribution is -2.43. The summed E-state index contributed by atoms with van der Waals surface area (Å²) in [5.41, 5.74) is 2.49. The lowest BCUT2D eigenvalue weighted by Gasteiger charge is -2.35. The van der Waals surface area contributed by atoms with Gasteiger partial charge in [-0.05, 0) is 30.5 Å². The quantitative estimate of drug-likeness (QED) is 0.942. The normalized spacial score (nSPS) is 18.2. The monoisotopic (exact) mass is 317 g/mol. The molecule has 1 aromatic heterocycles. The van der Waals surface area contributed by atoms with E-state index in [2.05, 4.69) is 10.2 Å². The molecule has 1 atom stereocenters. The molecule has 1 fully saturated rings. The van der Waals surface area contributed by atoms with Gasteiger partial charge in [0, 0.05) is 13.0 Å². The van der Waals surface area contributed by atoms with Crippen LogP contribution in [-0.4, -0.2) is 40.8 Å². The van der Waals surface area contributed by atoms with Gasteiger partial charge in [-0.2, -0.15) is 5.10 Å². The standard InChI is InChI=1S/C17H20FN3O2/c1-12-10-19-20-17(12)15-11-23-9-8-21(15)16(22)7-6-13-4-2-3-5-14(13)18/h2-5,10,15H,6-9,11H2,1H3,(H,19,20)/t15-/m1/s1. The smallest absolute Gasteiger partial charge is 0.223 e. The molecular formula is C17H20FN3O2. The fourth-order valence-corrected chi connectivity index (χ4v) is 2.92. The van der Waals surface area contributed by atoms with E-state index in [1.165, 1.54) is 6.07 Å². The van der Waals surface area contributed by atoms with E-state index in [1.807, 2.05) is 11.8 Å². The molecule has 122 valence electrons. The molecule has 1 aromatic carbocycles. The maximum absolute atomic E-state index is 13.7. The molecule has 5 nitrogen and oxygen atoms in total. The van der Waals surface area contributed by atoms with Crippen LogP contribution in [0.1, 0.15) is 29.3 Å². The zero-order valence-electron chi connectivity index (χ0n) is 13.1. The van der Waals surface area contributed by atoms with Crippen LogP contribution in [0.5, 0.6) is 0 Å². The first kappa shape index (κ1) is 15.7. The Morgan fingerprint density at radius 3 is 3.04 bits per heavy atom. The second-order valence-electron chi connectivity index (χ2n) is 5.74. The van der Waals surface area contributed by atoms with Crippen molar-refractivity contribution in [3.05, 3.63) is 53.1 Å². The highest BCUT2D eigenvalue weighted by molar-refractivity contribution is 5.77. The van der Waals surface area contributed by atoms with Crippen LogP contribution in [0, 0.1) is 12.7 Å². The summed E-state index contributed by atoms with van der Waals surface area (Å²) >= 11 is 0. The number of halogens is 1. The summed E-state index contributed by atoms with van der Waals surface area (Å²) < 4.78 is 19.2. The Hall–Kier alpha value is -2.21. The van der Waals surface area contributed by atoms with Crippen molar-refractivity contribution >= 4 is 5.91 Å². The van der Waals surface area contributed by atoms with Crippen LogP contribution in [0.15, 0.2) is 30.5 Å². The molecule has 23 heavy (non-hydrogen) atoms. The first-order valence-corrected chi connectivity index (χ1v) is 7.77. The van der Waals surface area contributed by atoms with E-state index < -0.39 is 0 Å². The highest BCUT2D eigenvalue weighted by Crippen LogP contribution is 2.26.